The molecule has 1 rings (SSSR count). The molecule has 6 heteroatoms. The molecule has 1 amide bonds. The molecular formula is C11H16N2O3S. The number of carbonyl (C=O) groups excluding carboxylic acids is 1. The van der Waals surface area contributed by atoms with Crippen LogP contribution in [0.25, 0.3) is 0 Å². The fraction of sp³-hybridized carbons (Fsp3) is 0.545. The average Bonchev–Trinajstić information content (AvgIpc) is 2.53. The van der Waals surface area contributed by atoms with Crippen molar-refractivity contribution < 1.29 is 14.7 Å². The third-order valence-corrected chi connectivity index (χ3v) is 3.32. The van der Waals surface area contributed by atoms with Crippen molar-refractivity contribution in [1.82, 2.24) is 10.3 Å². The van der Waals surface area contributed by atoms with Gasteiger partial charge in [-0.3, -0.25) is 9.59 Å². The molecule has 17 heavy (non-hydrogen) atoms. The van der Waals surface area contributed by atoms with Crippen LogP contribution in [0.5, 0.6) is 0 Å². The number of rotatable bonds is 5. The number of hydrogen-bond donors (Lipinski definition) is 2. The number of aromatic nitrogens is 1. The molecule has 1 aromatic heterocycles. The van der Waals surface area contributed by atoms with Crippen molar-refractivity contribution in [2.75, 3.05) is 6.54 Å². The van der Waals surface area contributed by atoms with Gasteiger partial charge in [0, 0.05) is 13.0 Å². The summed E-state index contributed by atoms with van der Waals surface area (Å²) in [6.07, 6.45) is 0.0565. The van der Waals surface area contributed by atoms with Gasteiger partial charge in [0.25, 0.3) is 5.91 Å². The van der Waals surface area contributed by atoms with Gasteiger partial charge in [-0.15, -0.1) is 11.3 Å². The number of thiazole rings is 1. The van der Waals surface area contributed by atoms with Crippen molar-refractivity contribution >= 4 is 23.2 Å². The first kappa shape index (κ1) is 13.6. The maximum atomic E-state index is 11.8. The van der Waals surface area contributed by atoms with E-state index in [4.69, 9.17) is 5.11 Å². The highest BCUT2D eigenvalue weighted by molar-refractivity contribution is 7.13. The van der Waals surface area contributed by atoms with Crippen molar-refractivity contribution in [3.63, 3.8) is 0 Å². The zero-order chi connectivity index (χ0) is 13.0. The monoisotopic (exact) mass is 256 g/mol. The van der Waals surface area contributed by atoms with E-state index in [1.165, 1.54) is 11.3 Å². The zero-order valence-corrected chi connectivity index (χ0v) is 10.9. The van der Waals surface area contributed by atoms with Gasteiger partial charge < -0.3 is 10.4 Å². The van der Waals surface area contributed by atoms with Crippen LogP contribution >= 0.6 is 11.3 Å². The number of amides is 1. The van der Waals surface area contributed by atoms with Gasteiger partial charge in [0.2, 0.25) is 0 Å². The molecule has 5 nitrogen and oxygen atoms in total. The number of hydrogen-bond acceptors (Lipinski definition) is 4. The molecule has 0 radical (unpaired) electrons. The summed E-state index contributed by atoms with van der Waals surface area (Å²) in [5, 5.41) is 12.2. The second kappa shape index (κ2) is 5.77. The van der Waals surface area contributed by atoms with Crippen LogP contribution in [0.1, 0.15) is 33.7 Å². The third kappa shape index (κ3) is 4.14. The molecular weight excluding hydrogens is 240 g/mol. The standard InChI is InChI=1S/C11H16N2O3S/c1-6(4-9(14)15)5-12-11(16)10-7(2)13-8(3)17-10/h6H,4-5H2,1-3H3,(H,12,16)(H,14,15). The number of nitrogens with zero attached hydrogens (tertiary/aromatic N) is 1. The van der Waals surface area contributed by atoms with Crippen molar-refractivity contribution in [2.24, 2.45) is 5.92 Å². The number of aliphatic carboxylic acids is 1. The molecule has 2 N–H and O–H groups in total. The van der Waals surface area contributed by atoms with Gasteiger partial charge in [0.1, 0.15) is 4.88 Å². The first-order valence-electron chi connectivity index (χ1n) is 5.34. The fourth-order valence-electron chi connectivity index (χ4n) is 1.46. The van der Waals surface area contributed by atoms with Gasteiger partial charge in [-0.1, -0.05) is 6.92 Å². The lowest BCUT2D eigenvalue weighted by atomic mass is 10.1. The Balaban J connectivity index is 2.50. The lowest BCUT2D eigenvalue weighted by Crippen LogP contribution is -2.29. The highest BCUT2D eigenvalue weighted by atomic mass is 32.1. The van der Waals surface area contributed by atoms with Crippen LogP contribution in [0.3, 0.4) is 0 Å². The summed E-state index contributed by atoms with van der Waals surface area (Å²) in [7, 11) is 0. The third-order valence-electron chi connectivity index (χ3n) is 2.24. The molecule has 1 unspecified atom stereocenters. The van der Waals surface area contributed by atoms with Gasteiger partial charge in [-0.25, -0.2) is 4.98 Å². The second-order valence-electron chi connectivity index (χ2n) is 4.06. The van der Waals surface area contributed by atoms with E-state index in [0.717, 1.165) is 10.7 Å². The Hall–Kier alpha value is -1.43. The lowest BCUT2D eigenvalue weighted by Gasteiger charge is -2.09. The summed E-state index contributed by atoms with van der Waals surface area (Å²) in [6, 6.07) is 0. The second-order valence-corrected chi connectivity index (χ2v) is 5.26. The topological polar surface area (TPSA) is 79.3 Å². The van der Waals surface area contributed by atoms with Crippen LogP contribution in [-0.2, 0) is 4.79 Å². The zero-order valence-electron chi connectivity index (χ0n) is 10.1. The average molecular weight is 256 g/mol. The van der Waals surface area contributed by atoms with Gasteiger partial charge >= 0.3 is 5.97 Å². The Morgan fingerprint density at radius 1 is 1.47 bits per heavy atom. The Morgan fingerprint density at radius 3 is 2.59 bits per heavy atom. The number of carboxylic acids is 1. The Kier molecular flexibility index (Phi) is 4.62. The number of aryl methyl sites for hydroxylation is 2. The van der Waals surface area contributed by atoms with E-state index in [1.807, 2.05) is 6.92 Å². The molecule has 0 aliphatic rings. The molecule has 1 aromatic rings. The maximum Gasteiger partial charge on any atom is 0.303 e. The Bertz CT molecular complexity index is 428. The minimum absolute atomic E-state index is 0.0565. The molecule has 0 saturated heterocycles. The van der Waals surface area contributed by atoms with Crippen molar-refractivity contribution in [3.8, 4) is 0 Å². The molecule has 0 aromatic carbocycles. The summed E-state index contributed by atoms with van der Waals surface area (Å²) >= 11 is 1.35. The molecule has 0 spiro atoms. The minimum Gasteiger partial charge on any atom is -0.481 e. The number of nitrogens with one attached hydrogen (secondary N) is 1. The van der Waals surface area contributed by atoms with Crippen LogP contribution in [-0.4, -0.2) is 28.5 Å². The Labute approximate surface area is 104 Å². The minimum atomic E-state index is -0.850. The molecule has 94 valence electrons. The fourth-order valence-corrected chi connectivity index (χ4v) is 2.30. The van der Waals surface area contributed by atoms with E-state index < -0.39 is 5.97 Å². The van der Waals surface area contributed by atoms with Gasteiger partial charge in [-0.2, -0.15) is 0 Å². The van der Waals surface area contributed by atoms with Crippen LogP contribution in [0.4, 0.5) is 0 Å². The van der Waals surface area contributed by atoms with E-state index in [0.29, 0.717) is 11.4 Å². The summed E-state index contributed by atoms with van der Waals surface area (Å²) in [5.74, 6) is -1.10. The normalized spacial score (nSPS) is 12.2. The summed E-state index contributed by atoms with van der Waals surface area (Å²) in [5.41, 5.74) is 0.718. The summed E-state index contributed by atoms with van der Waals surface area (Å²) in [6.45, 7) is 5.79. The lowest BCUT2D eigenvalue weighted by molar-refractivity contribution is -0.137. The predicted octanol–water partition coefficient (Wildman–Crippen LogP) is 1.60. The maximum absolute atomic E-state index is 11.8. The molecule has 0 aliphatic heterocycles. The van der Waals surface area contributed by atoms with Crippen LogP contribution < -0.4 is 5.32 Å². The molecule has 0 fully saturated rings. The first-order chi connectivity index (χ1) is 7.90. The van der Waals surface area contributed by atoms with E-state index in [9.17, 15) is 9.59 Å². The highest BCUT2D eigenvalue weighted by Crippen LogP contribution is 2.16. The molecule has 0 aliphatic carbocycles. The van der Waals surface area contributed by atoms with E-state index in [-0.39, 0.29) is 18.2 Å². The van der Waals surface area contributed by atoms with Gasteiger partial charge in [-0.05, 0) is 19.8 Å². The van der Waals surface area contributed by atoms with Crippen molar-refractivity contribution in [3.05, 3.63) is 15.6 Å². The van der Waals surface area contributed by atoms with Gasteiger partial charge in [0.05, 0.1) is 10.7 Å². The van der Waals surface area contributed by atoms with Crippen LogP contribution in [0.15, 0.2) is 0 Å². The van der Waals surface area contributed by atoms with Crippen molar-refractivity contribution in [1.29, 1.82) is 0 Å². The van der Waals surface area contributed by atoms with E-state index in [1.54, 1.807) is 13.8 Å². The molecule has 1 heterocycles. The molecule has 1 atom stereocenters. The van der Waals surface area contributed by atoms with Gasteiger partial charge in [0.15, 0.2) is 0 Å². The smallest absolute Gasteiger partial charge is 0.303 e. The van der Waals surface area contributed by atoms with Crippen LogP contribution in [0.2, 0.25) is 0 Å². The van der Waals surface area contributed by atoms with Crippen molar-refractivity contribution in [2.45, 2.75) is 27.2 Å². The SMILES string of the molecule is Cc1nc(C)c(C(=O)NCC(C)CC(=O)O)s1. The molecule has 0 saturated carbocycles. The number of carbonyl (C=O) groups is 2. The summed E-state index contributed by atoms with van der Waals surface area (Å²) in [4.78, 5) is 27.0. The Morgan fingerprint density at radius 2 is 2.12 bits per heavy atom. The largest absolute Gasteiger partial charge is 0.481 e. The highest BCUT2D eigenvalue weighted by Gasteiger charge is 2.15. The van der Waals surface area contributed by atoms with E-state index >= 15 is 0 Å². The van der Waals surface area contributed by atoms with E-state index in [2.05, 4.69) is 10.3 Å². The summed E-state index contributed by atoms with van der Waals surface area (Å²) < 4.78 is 0. The number of carboxylic acid groups (broad SMARTS) is 1. The first-order valence-corrected chi connectivity index (χ1v) is 6.15. The molecule has 0 bridgehead atoms. The quantitative estimate of drug-likeness (QED) is 0.838. The van der Waals surface area contributed by atoms with Crippen LogP contribution in [0, 0.1) is 19.8 Å². The predicted molar refractivity (Wildman–Crippen MR) is 65.3 cm³/mol.